The lowest BCUT2D eigenvalue weighted by Gasteiger charge is -2.51. The molecular formula is C23H43N3O6Si2. The molecule has 2 aliphatic rings. The summed E-state index contributed by atoms with van der Waals surface area (Å²) in [5.41, 5.74) is 0.460. The molecule has 0 aromatic carbocycles. The second kappa shape index (κ2) is 10.5. The minimum atomic E-state index is -2.82. The molecule has 3 rings (SSSR count). The summed E-state index contributed by atoms with van der Waals surface area (Å²) < 4.78 is 35.0. The molecule has 0 spiro atoms. The molecule has 1 aromatic heterocycles. The first-order chi connectivity index (χ1) is 15.9. The van der Waals surface area contributed by atoms with Gasteiger partial charge in [0, 0.05) is 20.4 Å². The third kappa shape index (κ3) is 4.68. The first kappa shape index (κ1) is 27.5. The lowest BCUT2D eigenvalue weighted by Crippen LogP contribution is -2.65. The van der Waals surface area contributed by atoms with Crippen LogP contribution in [0.3, 0.4) is 0 Å². The molecule has 0 radical (unpaired) electrons. The fourth-order valence-corrected chi connectivity index (χ4v) is 16.6. The van der Waals surface area contributed by atoms with Crippen molar-refractivity contribution >= 4 is 22.9 Å². The molecule has 0 bridgehead atoms. The summed E-state index contributed by atoms with van der Waals surface area (Å²) in [7, 11) is -2.14. The number of hydrogen-bond acceptors (Lipinski definition) is 8. The van der Waals surface area contributed by atoms with Gasteiger partial charge in [-0.3, -0.25) is 4.57 Å². The zero-order valence-electron chi connectivity index (χ0n) is 22.3. The summed E-state index contributed by atoms with van der Waals surface area (Å²) in [6.07, 6.45) is -0.302. The summed E-state index contributed by atoms with van der Waals surface area (Å²) in [4.78, 5) is 16.9. The van der Waals surface area contributed by atoms with Crippen molar-refractivity contribution in [1.29, 1.82) is 0 Å². The van der Waals surface area contributed by atoms with E-state index in [4.69, 9.17) is 22.4 Å². The van der Waals surface area contributed by atoms with Crippen molar-refractivity contribution in [2.75, 3.05) is 26.1 Å². The van der Waals surface area contributed by atoms with Gasteiger partial charge in [0.05, 0.1) is 6.61 Å². The average Bonchev–Trinajstić information content (AvgIpc) is 3.08. The molecule has 34 heavy (non-hydrogen) atoms. The Balaban J connectivity index is 2.09. The Hall–Kier alpha value is -1.09. The summed E-state index contributed by atoms with van der Waals surface area (Å²) in [5, 5.41) is 2.90. The summed E-state index contributed by atoms with van der Waals surface area (Å²) >= 11 is 0. The van der Waals surface area contributed by atoms with Crippen molar-refractivity contribution in [3.63, 3.8) is 0 Å². The molecule has 0 amide bonds. The van der Waals surface area contributed by atoms with Crippen LogP contribution in [0, 0.1) is 0 Å². The maximum atomic E-state index is 12.8. The van der Waals surface area contributed by atoms with Gasteiger partial charge >= 0.3 is 22.8 Å². The molecule has 0 saturated carbocycles. The standard InChI is InChI=1S/C23H43N3O6Si2/c1-14(2)33(15(3)4)29-13-18-20(31-34(32-33,16(5)6)17(7)8)21(28-10)22(30-18)26-12-11-19(24-9)25-23(26)27/h11-12,14-18,20-22H,13H2,1-10H3,(H,24,25,27)/t18-,20-,21-,22-/m1/s1. The molecule has 0 unspecified atom stereocenters. The highest BCUT2D eigenvalue weighted by Crippen LogP contribution is 2.48. The molecule has 1 aromatic rings. The van der Waals surface area contributed by atoms with Gasteiger partial charge in [-0.1, -0.05) is 55.4 Å². The Labute approximate surface area is 206 Å². The maximum Gasteiger partial charge on any atom is 0.351 e. The number of rotatable bonds is 7. The second-order valence-corrected chi connectivity index (χ2v) is 19.4. The highest BCUT2D eigenvalue weighted by atomic mass is 28.5. The Morgan fingerprint density at radius 1 is 1.06 bits per heavy atom. The van der Waals surface area contributed by atoms with Crippen LogP contribution >= 0.6 is 0 Å². The number of nitrogens with zero attached hydrogens (tertiary/aromatic N) is 2. The van der Waals surface area contributed by atoms with E-state index in [2.05, 4.69) is 65.7 Å². The third-order valence-electron chi connectivity index (χ3n) is 7.25. The molecule has 9 nitrogen and oxygen atoms in total. The topological polar surface area (TPSA) is 93.1 Å². The maximum absolute atomic E-state index is 12.8. The van der Waals surface area contributed by atoms with Crippen LogP contribution in [0.1, 0.15) is 61.6 Å². The average molecular weight is 514 g/mol. The molecular weight excluding hydrogens is 470 g/mol. The normalized spacial score (nSPS) is 28.9. The van der Waals surface area contributed by atoms with Crippen molar-refractivity contribution in [1.82, 2.24) is 9.55 Å². The van der Waals surface area contributed by atoms with Crippen LogP contribution in [0.5, 0.6) is 0 Å². The minimum absolute atomic E-state index is 0.190. The quantitative estimate of drug-likeness (QED) is 0.544. The number of hydrogen-bond donors (Lipinski definition) is 1. The molecule has 4 atom stereocenters. The molecule has 2 aliphatic heterocycles. The van der Waals surface area contributed by atoms with Crippen molar-refractivity contribution in [3.05, 3.63) is 22.7 Å². The third-order valence-corrected chi connectivity index (χ3v) is 17.5. The Morgan fingerprint density at radius 3 is 2.12 bits per heavy atom. The smallest absolute Gasteiger partial charge is 0.351 e. The van der Waals surface area contributed by atoms with Gasteiger partial charge in [-0.05, 0) is 28.2 Å². The van der Waals surface area contributed by atoms with E-state index in [9.17, 15) is 4.79 Å². The number of fused-ring (bicyclic) bond motifs is 1. The van der Waals surface area contributed by atoms with E-state index in [1.165, 1.54) is 4.57 Å². The Bertz CT molecular complexity index is 878. The molecule has 194 valence electrons. The minimum Gasteiger partial charge on any atom is -0.414 e. The number of aromatic nitrogens is 2. The number of anilines is 1. The molecule has 1 N–H and O–H groups in total. The van der Waals surface area contributed by atoms with E-state index in [1.54, 1.807) is 26.4 Å². The van der Waals surface area contributed by atoms with Crippen molar-refractivity contribution in [3.8, 4) is 0 Å². The zero-order valence-corrected chi connectivity index (χ0v) is 24.3. The van der Waals surface area contributed by atoms with Crippen LogP contribution in [-0.2, 0) is 22.4 Å². The van der Waals surface area contributed by atoms with E-state index in [0.717, 1.165) is 0 Å². The lowest BCUT2D eigenvalue weighted by atomic mass is 10.1. The van der Waals surface area contributed by atoms with Gasteiger partial charge < -0.3 is 27.8 Å². The molecule has 0 aliphatic carbocycles. The zero-order chi connectivity index (χ0) is 25.4. The summed E-state index contributed by atoms with van der Waals surface area (Å²) in [5.74, 6) is 0.503. The van der Waals surface area contributed by atoms with Gasteiger partial charge in [-0.2, -0.15) is 4.98 Å². The fourth-order valence-electron chi connectivity index (χ4n) is 5.34. The first-order valence-corrected chi connectivity index (χ1v) is 16.3. The number of ether oxygens (including phenoxy) is 2. The van der Waals surface area contributed by atoms with E-state index in [1.807, 2.05) is 0 Å². The van der Waals surface area contributed by atoms with Gasteiger partial charge in [-0.25, -0.2) is 4.79 Å². The monoisotopic (exact) mass is 513 g/mol. The van der Waals surface area contributed by atoms with Gasteiger partial charge in [-0.15, -0.1) is 0 Å². The highest BCUT2D eigenvalue weighted by Gasteiger charge is 2.62. The second-order valence-electron chi connectivity index (χ2n) is 10.6. The van der Waals surface area contributed by atoms with Crippen LogP contribution in [-0.4, -0.2) is 65.7 Å². The van der Waals surface area contributed by atoms with Gasteiger partial charge in [0.25, 0.3) is 0 Å². The Morgan fingerprint density at radius 2 is 1.65 bits per heavy atom. The van der Waals surface area contributed by atoms with Crippen molar-refractivity contribution < 1.29 is 22.4 Å². The van der Waals surface area contributed by atoms with Gasteiger partial charge in [0.2, 0.25) is 0 Å². The predicted octanol–water partition coefficient (Wildman–Crippen LogP) is 4.15. The molecule has 2 saturated heterocycles. The van der Waals surface area contributed by atoms with Crippen LogP contribution < -0.4 is 11.0 Å². The Kier molecular flexibility index (Phi) is 8.49. The highest BCUT2D eigenvalue weighted by molar-refractivity contribution is 6.83. The molecule has 3 heterocycles. The molecule has 2 fully saturated rings. The van der Waals surface area contributed by atoms with Crippen molar-refractivity contribution in [2.45, 2.75) is 102 Å². The summed E-state index contributed by atoms with van der Waals surface area (Å²) in [6, 6.07) is 1.75. The first-order valence-electron chi connectivity index (χ1n) is 12.4. The largest absolute Gasteiger partial charge is 0.414 e. The number of methoxy groups -OCH3 is 1. The van der Waals surface area contributed by atoms with Crippen molar-refractivity contribution in [2.24, 2.45) is 0 Å². The van der Waals surface area contributed by atoms with Crippen LogP contribution in [0.25, 0.3) is 0 Å². The van der Waals surface area contributed by atoms with E-state index in [-0.39, 0.29) is 28.3 Å². The van der Waals surface area contributed by atoms with E-state index >= 15 is 0 Å². The van der Waals surface area contributed by atoms with Crippen LogP contribution in [0.4, 0.5) is 5.82 Å². The lowest BCUT2D eigenvalue weighted by molar-refractivity contribution is -0.0638. The SMILES string of the molecule is CNc1ccn([C@@H]2O[C@@H]3CO[Si](C(C)C)(C(C)C)O[Si](C(C)C)(C(C)C)O[C@H]3[C@H]2OC)c(=O)n1. The van der Waals surface area contributed by atoms with Crippen LogP contribution in [0.2, 0.25) is 22.2 Å². The summed E-state index contributed by atoms with van der Waals surface area (Å²) in [6.45, 7) is 17.8. The van der Waals surface area contributed by atoms with Gasteiger partial charge in [0.15, 0.2) is 6.23 Å². The number of nitrogens with one attached hydrogen (secondary N) is 1. The van der Waals surface area contributed by atoms with E-state index < -0.39 is 41.2 Å². The predicted molar refractivity (Wildman–Crippen MR) is 137 cm³/mol. The fraction of sp³-hybridized carbons (Fsp3) is 0.826. The van der Waals surface area contributed by atoms with Crippen LogP contribution in [0.15, 0.2) is 17.1 Å². The van der Waals surface area contributed by atoms with Gasteiger partial charge in [0.1, 0.15) is 24.1 Å². The molecule has 11 heteroatoms. The van der Waals surface area contributed by atoms with E-state index in [0.29, 0.717) is 12.4 Å².